The predicted octanol–water partition coefficient (Wildman–Crippen LogP) is 2.58. The summed E-state index contributed by atoms with van der Waals surface area (Å²) in [4.78, 5) is 27.5. The first-order chi connectivity index (χ1) is 11.8. The Morgan fingerprint density at radius 3 is 3.00 bits per heavy atom. The van der Waals surface area contributed by atoms with E-state index in [1.165, 1.54) is 0 Å². The number of para-hydroxylation sites is 2. The Labute approximate surface area is 140 Å². The highest BCUT2D eigenvalue weighted by Crippen LogP contribution is 2.30. The molecule has 3 heterocycles. The topological polar surface area (TPSA) is 63.9 Å². The van der Waals surface area contributed by atoms with Gasteiger partial charge in [0, 0.05) is 31.9 Å². The molecule has 3 aromatic rings. The molecular weight excluding hydrogens is 302 g/mol. The number of aryl methyl sites for hydroxylation is 1. The molecule has 1 aliphatic rings. The number of rotatable bonds is 4. The number of likely N-dealkylation sites (tertiary alicyclic amines) is 1. The maximum Gasteiger partial charge on any atom is 0.224 e. The van der Waals surface area contributed by atoms with Crippen molar-refractivity contribution in [3.63, 3.8) is 0 Å². The van der Waals surface area contributed by atoms with Crippen LogP contribution in [0.3, 0.4) is 0 Å². The normalized spacial score (nSPS) is 17.5. The first-order valence-corrected chi connectivity index (χ1v) is 8.28. The average Bonchev–Trinajstić information content (AvgIpc) is 3.28. The zero-order valence-corrected chi connectivity index (χ0v) is 13.4. The van der Waals surface area contributed by atoms with Gasteiger partial charge in [0.1, 0.15) is 0 Å². The Morgan fingerprint density at radius 2 is 2.12 bits per heavy atom. The van der Waals surface area contributed by atoms with Crippen molar-refractivity contribution in [2.24, 2.45) is 0 Å². The molecule has 0 radical (unpaired) electrons. The zero-order chi connectivity index (χ0) is 16.4. The minimum atomic E-state index is 0.0609. The van der Waals surface area contributed by atoms with Crippen molar-refractivity contribution in [2.45, 2.75) is 31.8 Å². The summed E-state index contributed by atoms with van der Waals surface area (Å²) < 4.78 is 2.04. The van der Waals surface area contributed by atoms with Crippen molar-refractivity contribution in [3.8, 4) is 0 Å². The van der Waals surface area contributed by atoms with Crippen LogP contribution < -0.4 is 0 Å². The van der Waals surface area contributed by atoms with Gasteiger partial charge in [-0.15, -0.1) is 0 Å². The molecule has 0 bridgehead atoms. The summed E-state index contributed by atoms with van der Waals surface area (Å²) in [5.41, 5.74) is 2.91. The molecule has 1 fully saturated rings. The van der Waals surface area contributed by atoms with Gasteiger partial charge in [-0.05, 0) is 25.0 Å². The number of fused-ring (bicyclic) bond motifs is 1. The number of aromatic nitrogens is 4. The third-order valence-corrected chi connectivity index (χ3v) is 4.59. The first-order valence-electron chi connectivity index (χ1n) is 8.28. The largest absolute Gasteiger partial charge is 0.334 e. The number of carbonyl (C=O) groups excluding carboxylic acids is 1. The lowest BCUT2D eigenvalue weighted by molar-refractivity contribution is -0.132. The van der Waals surface area contributed by atoms with E-state index in [9.17, 15) is 4.79 Å². The second kappa shape index (κ2) is 6.39. The zero-order valence-electron chi connectivity index (χ0n) is 13.4. The molecule has 4 rings (SSSR count). The maximum atomic E-state index is 12.7. The summed E-state index contributed by atoms with van der Waals surface area (Å²) in [6, 6.07) is 8.04. The Kier molecular flexibility index (Phi) is 3.94. The van der Waals surface area contributed by atoms with Crippen molar-refractivity contribution >= 4 is 16.9 Å². The van der Waals surface area contributed by atoms with Crippen LogP contribution in [-0.2, 0) is 11.3 Å². The number of hydrogen-bond donors (Lipinski definition) is 0. The number of amides is 1. The lowest BCUT2D eigenvalue weighted by Crippen LogP contribution is -2.31. The van der Waals surface area contributed by atoms with Gasteiger partial charge >= 0.3 is 0 Å². The van der Waals surface area contributed by atoms with E-state index in [0.717, 1.165) is 36.1 Å². The molecule has 0 unspecified atom stereocenters. The van der Waals surface area contributed by atoms with Crippen LogP contribution >= 0.6 is 0 Å². The summed E-state index contributed by atoms with van der Waals surface area (Å²) in [7, 11) is 0. The lowest BCUT2D eigenvalue weighted by Gasteiger charge is -2.24. The number of imidazole rings is 1. The lowest BCUT2D eigenvalue weighted by atomic mass is 10.1. The fraction of sp³-hybridized carbons (Fsp3) is 0.333. The van der Waals surface area contributed by atoms with E-state index in [-0.39, 0.29) is 11.9 Å². The van der Waals surface area contributed by atoms with Crippen LogP contribution in [0.2, 0.25) is 0 Å². The van der Waals surface area contributed by atoms with Gasteiger partial charge in [0.15, 0.2) is 0 Å². The summed E-state index contributed by atoms with van der Waals surface area (Å²) in [5.74, 6) is 0.168. The fourth-order valence-electron chi connectivity index (χ4n) is 3.40. The van der Waals surface area contributed by atoms with Crippen LogP contribution in [0.4, 0.5) is 0 Å². The molecular formula is C18H19N5O. The predicted molar refractivity (Wildman–Crippen MR) is 90.1 cm³/mol. The standard InChI is InChI=1S/C18H19N5O/c24-18(7-11-22-13-21-14-4-1-2-5-16(14)22)23-10-3-6-17(23)15-12-19-8-9-20-15/h1-2,4-5,8-9,12-13,17H,3,6-7,10-11H2/t17-/m0/s1. The van der Waals surface area contributed by atoms with Crippen LogP contribution in [0, 0.1) is 0 Å². The monoisotopic (exact) mass is 321 g/mol. The summed E-state index contributed by atoms with van der Waals surface area (Å²) >= 11 is 0. The molecule has 1 aromatic carbocycles. The summed E-state index contributed by atoms with van der Waals surface area (Å²) in [5, 5.41) is 0. The Morgan fingerprint density at radius 1 is 1.21 bits per heavy atom. The van der Waals surface area contributed by atoms with Crippen LogP contribution in [0.5, 0.6) is 0 Å². The second-order valence-corrected chi connectivity index (χ2v) is 6.05. The van der Waals surface area contributed by atoms with E-state index < -0.39 is 0 Å². The second-order valence-electron chi connectivity index (χ2n) is 6.05. The molecule has 0 saturated carbocycles. The average molecular weight is 321 g/mol. The van der Waals surface area contributed by atoms with Gasteiger partial charge in [-0.2, -0.15) is 0 Å². The van der Waals surface area contributed by atoms with Crippen molar-refractivity contribution in [3.05, 3.63) is 54.9 Å². The number of benzene rings is 1. The molecule has 1 atom stereocenters. The fourth-order valence-corrected chi connectivity index (χ4v) is 3.40. The number of nitrogens with zero attached hydrogens (tertiary/aromatic N) is 5. The molecule has 0 spiro atoms. The van der Waals surface area contributed by atoms with Gasteiger partial charge in [0.05, 0.1) is 35.3 Å². The minimum Gasteiger partial charge on any atom is -0.334 e. The number of hydrogen-bond acceptors (Lipinski definition) is 4. The molecule has 1 aliphatic heterocycles. The Balaban J connectivity index is 1.46. The highest BCUT2D eigenvalue weighted by Gasteiger charge is 2.30. The Bertz CT molecular complexity index is 845. The molecule has 1 amide bonds. The first kappa shape index (κ1) is 14.8. The van der Waals surface area contributed by atoms with Gasteiger partial charge in [0.2, 0.25) is 5.91 Å². The van der Waals surface area contributed by atoms with E-state index in [1.807, 2.05) is 40.1 Å². The minimum absolute atomic E-state index is 0.0609. The van der Waals surface area contributed by atoms with Gasteiger partial charge in [-0.1, -0.05) is 12.1 Å². The molecule has 122 valence electrons. The number of carbonyl (C=O) groups is 1. The third-order valence-electron chi connectivity index (χ3n) is 4.59. The van der Waals surface area contributed by atoms with E-state index in [4.69, 9.17) is 0 Å². The van der Waals surface area contributed by atoms with Crippen molar-refractivity contribution in [1.29, 1.82) is 0 Å². The van der Waals surface area contributed by atoms with Crippen LogP contribution in [0.15, 0.2) is 49.2 Å². The van der Waals surface area contributed by atoms with E-state index in [2.05, 4.69) is 15.0 Å². The van der Waals surface area contributed by atoms with Crippen molar-refractivity contribution in [2.75, 3.05) is 6.54 Å². The Hall–Kier alpha value is -2.76. The maximum absolute atomic E-state index is 12.7. The van der Waals surface area contributed by atoms with Gasteiger partial charge in [0.25, 0.3) is 0 Å². The summed E-state index contributed by atoms with van der Waals surface area (Å²) in [6.45, 7) is 1.44. The van der Waals surface area contributed by atoms with E-state index >= 15 is 0 Å². The van der Waals surface area contributed by atoms with Gasteiger partial charge < -0.3 is 9.47 Å². The molecule has 1 saturated heterocycles. The molecule has 24 heavy (non-hydrogen) atoms. The van der Waals surface area contributed by atoms with Crippen LogP contribution in [-0.4, -0.2) is 36.9 Å². The SMILES string of the molecule is O=C(CCn1cnc2ccccc21)N1CCC[C@H]1c1cnccn1. The van der Waals surface area contributed by atoms with E-state index in [1.54, 1.807) is 18.6 Å². The highest BCUT2D eigenvalue weighted by atomic mass is 16.2. The molecule has 0 aliphatic carbocycles. The van der Waals surface area contributed by atoms with Crippen LogP contribution in [0.1, 0.15) is 31.0 Å². The van der Waals surface area contributed by atoms with Gasteiger partial charge in [-0.25, -0.2) is 4.98 Å². The highest BCUT2D eigenvalue weighted by molar-refractivity contribution is 5.78. The van der Waals surface area contributed by atoms with Gasteiger partial charge in [-0.3, -0.25) is 14.8 Å². The molecule has 6 heteroatoms. The molecule has 6 nitrogen and oxygen atoms in total. The molecule has 0 N–H and O–H groups in total. The van der Waals surface area contributed by atoms with Crippen molar-refractivity contribution in [1.82, 2.24) is 24.4 Å². The third kappa shape index (κ3) is 2.75. The quantitative estimate of drug-likeness (QED) is 0.741. The summed E-state index contributed by atoms with van der Waals surface area (Å²) in [6.07, 6.45) is 9.36. The van der Waals surface area contributed by atoms with Crippen LogP contribution in [0.25, 0.3) is 11.0 Å². The van der Waals surface area contributed by atoms with E-state index in [0.29, 0.717) is 13.0 Å². The van der Waals surface area contributed by atoms with Crippen molar-refractivity contribution < 1.29 is 4.79 Å². The molecule has 2 aromatic heterocycles. The smallest absolute Gasteiger partial charge is 0.224 e.